The van der Waals surface area contributed by atoms with Gasteiger partial charge in [-0.2, -0.15) is 4.98 Å². The van der Waals surface area contributed by atoms with Crippen molar-refractivity contribution in [2.75, 3.05) is 5.32 Å². The molecule has 1 aliphatic carbocycles. The molecule has 0 bridgehead atoms. The first kappa shape index (κ1) is 19.4. The highest BCUT2D eigenvalue weighted by atomic mass is 32.2. The number of thioether (sulfide) groups is 1. The molecular formula is C21H18N6O3S. The highest BCUT2D eigenvalue weighted by Gasteiger charge is 2.37. The Morgan fingerprint density at radius 1 is 1.23 bits per heavy atom. The molecule has 3 aromatic rings. The maximum absolute atomic E-state index is 12.9. The summed E-state index contributed by atoms with van der Waals surface area (Å²) in [6, 6.07) is 11.6. The average molecular weight is 434 g/mol. The maximum Gasteiger partial charge on any atom is 0.269 e. The van der Waals surface area contributed by atoms with Gasteiger partial charge in [-0.15, -0.1) is 5.10 Å². The summed E-state index contributed by atoms with van der Waals surface area (Å²) in [7, 11) is 0. The fourth-order valence-electron chi connectivity index (χ4n) is 3.94. The second-order valence-electron chi connectivity index (χ2n) is 7.32. The molecular weight excluding hydrogens is 416 g/mol. The summed E-state index contributed by atoms with van der Waals surface area (Å²) in [4.78, 5) is 32.7. The molecule has 2 aromatic heterocycles. The van der Waals surface area contributed by atoms with Gasteiger partial charge in [-0.05, 0) is 30.5 Å². The lowest BCUT2D eigenvalue weighted by molar-refractivity contribution is -0.384. The quantitative estimate of drug-likeness (QED) is 0.365. The highest BCUT2D eigenvalue weighted by molar-refractivity contribution is 7.98. The average Bonchev–Trinajstić information content (AvgIpc) is 3.20. The summed E-state index contributed by atoms with van der Waals surface area (Å²) in [5.74, 6) is 1.18. The van der Waals surface area contributed by atoms with Crippen LogP contribution in [0, 0.1) is 10.1 Å². The standard InChI is InChI=1S/C21H18N6O3S/c28-17-9-4-8-16-18(17)19(13-5-3-7-15(11-13)27(29)30)26-20(23-16)24-21(25-26)31-12-14-6-1-2-10-22-14/h1-3,5-7,10-11,19H,4,8-9,12H2,(H,23,24,25). The predicted molar refractivity (Wildman–Crippen MR) is 115 cm³/mol. The normalized spacial score (nSPS) is 17.7. The van der Waals surface area contributed by atoms with Crippen LogP contribution in [0.2, 0.25) is 0 Å². The summed E-state index contributed by atoms with van der Waals surface area (Å²) >= 11 is 1.45. The number of nitro benzene ring substituents is 1. The molecule has 31 heavy (non-hydrogen) atoms. The van der Waals surface area contributed by atoms with E-state index in [0.29, 0.717) is 34.4 Å². The van der Waals surface area contributed by atoms with Crippen LogP contribution in [0.4, 0.5) is 11.6 Å². The molecule has 1 aromatic carbocycles. The zero-order chi connectivity index (χ0) is 21.4. The summed E-state index contributed by atoms with van der Waals surface area (Å²) in [5, 5.41) is 19.8. The third-order valence-electron chi connectivity index (χ3n) is 5.32. The lowest BCUT2D eigenvalue weighted by Crippen LogP contribution is -2.31. The van der Waals surface area contributed by atoms with Crippen molar-refractivity contribution >= 4 is 29.2 Å². The van der Waals surface area contributed by atoms with E-state index in [1.807, 2.05) is 18.2 Å². The monoisotopic (exact) mass is 434 g/mol. The van der Waals surface area contributed by atoms with E-state index in [4.69, 9.17) is 0 Å². The second-order valence-corrected chi connectivity index (χ2v) is 8.26. The van der Waals surface area contributed by atoms with Crippen LogP contribution in [0.5, 0.6) is 0 Å². The van der Waals surface area contributed by atoms with Gasteiger partial charge in [0.25, 0.3) is 5.69 Å². The number of aromatic nitrogens is 4. The number of fused-ring (bicyclic) bond motifs is 1. The van der Waals surface area contributed by atoms with E-state index in [2.05, 4.69) is 20.4 Å². The molecule has 0 saturated heterocycles. The van der Waals surface area contributed by atoms with E-state index < -0.39 is 11.0 Å². The number of allylic oxidation sites excluding steroid dienone is 2. The minimum Gasteiger partial charge on any atom is -0.328 e. The molecule has 0 spiro atoms. The molecule has 1 unspecified atom stereocenters. The molecule has 0 saturated carbocycles. The van der Waals surface area contributed by atoms with Gasteiger partial charge in [0.05, 0.1) is 10.6 Å². The van der Waals surface area contributed by atoms with Crippen LogP contribution in [-0.4, -0.2) is 30.5 Å². The van der Waals surface area contributed by atoms with Gasteiger partial charge in [-0.3, -0.25) is 19.9 Å². The summed E-state index contributed by atoms with van der Waals surface area (Å²) < 4.78 is 1.67. The van der Waals surface area contributed by atoms with Crippen LogP contribution in [-0.2, 0) is 10.5 Å². The number of hydrogen-bond acceptors (Lipinski definition) is 8. The fourth-order valence-corrected chi connectivity index (χ4v) is 4.68. The molecule has 1 aliphatic heterocycles. The number of nitro groups is 1. The Kier molecular flexibility index (Phi) is 4.99. The number of benzene rings is 1. The number of carbonyl (C=O) groups is 1. The van der Waals surface area contributed by atoms with Crippen molar-refractivity contribution in [3.8, 4) is 0 Å². The van der Waals surface area contributed by atoms with Gasteiger partial charge < -0.3 is 5.32 Å². The van der Waals surface area contributed by atoms with Crippen molar-refractivity contribution in [3.05, 3.63) is 81.3 Å². The van der Waals surface area contributed by atoms with Crippen molar-refractivity contribution in [2.45, 2.75) is 36.2 Å². The Morgan fingerprint density at radius 3 is 2.94 bits per heavy atom. The topological polar surface area (TPSA) is 116 Å². The first-order chi connectivity index (χ1) is 15.1. The summed E-state index contributed by atoms with van der Waals surface area (Å²) in [6.07, 6.45) is 3.69. The largest absolute Gasteiger partial charge is 0.328 e. The molecule has 1 atom stereocenters. The lowest BCUT2D eigenvalue weighted by atomic mass is 9.85. The minimum atomic E-state index is -0.546. The SMILES string of the molecule is O=C1CCCC2=C1C(c1cccc([N+](=O)[O-])c1)n1nc(SCc3ccccn3)nc1N2. The van der Waals surface area contributed by atoms with Crippen molar-refractivity contribution < 1.29 is 9.72 Å². The molecule has 3 heterocycles. The fraction of sp³-hybridized carbons (Fsp3) is 0.238. The third kappa shape index (κ3) is 3.70. The van der Waals surface area contributed by atoms with Crippen LogP contribution in [0.25, 0.3) is 0 Å². The molecule has 2 aliphatic rings. The van der Waals surface area contributed by atoms with E-state index in [0.717, 1.165) is 24.2 Å². The molecule has 0 fully saturated rings. The summed E-state index contributed by atoms with van der Waals surface area (Å²) in [5.41, 5.74) is 2.98. The highest BCUT2D eigenvalue weighted by Crippen LogP contribution is 2.41. The first-order valence-corrected chi connectivity index (χ1v) is 10.9. The number of nitrogens with zero attached hydrogens (tertiary/aromatic N) is 5. The van der Waals surface area contributed by atoms with Crippen molar-refractivity contribution in [2.24, 2.45) is 0 Å². The van der Waals surface area contributed by atoms with Crippen molar-refractivity contribution in [3.63, 3.8) is 0 Å². The molecule has 10 heteroatoms. The molecule has 5 rings (SSSR count). The zero-order valence-electron chi connectivity index (χ0n) is 16.4. The molecule has 1 N–H and O–H groups in total. The predicted octanol–water partition coefficient (Wildman–Crippen LogP) is 3.90. The zero-order valence-corrected chi connectivity index (χ0v) is 17.2. The Bertz CT molecular complexity index is 1210. The molecule has 9 nitrogen and oxygen atoms in total. The van der Waals surface area contributed by atoms with E-state index in [1.165, 1.54) is 23.9 Å². The Balaban J connectivity index is 1.54. The Morgan fingerprint density at radius 2 is 2.13 bits per heavy atom. The second kappa shape index (κ2) is 7.95. The van der Waals surface area contributed by atoms with Crippen LogP contribution < -0.4 is 5.32 Å². The van der Waals surface area contributed by atoms with Gasteiger partial charge in [-0.1, -0.05) is 30.0 Å². The smallest absolute Gasteiger partial charge is 0.269 e. The number of rotatable bonds is 5. The number of carbonyl (C=O) groups excluding carboxylic acids is 1. The van der Waals surface area contributed by atoms with E-state index >= 15 is 0 Å². The van der Waals surface area contributed by atoms with Gasteiger partial charge in [0, 0.05) is 41.8 Å². The van der Waals surface area contributed by atoms with E-state index in [-0.39, 0.29) is 11.5 Å². The Hall–Kier alpha value is -3.53. The first-order valence-electron chi connectivity index (χ1n) is 9.87. The van der Waals surface area contributed by atoms with Gasteiger partial charge in [0.1, 0.15) is 6.04 Å². The van der Waals surface area contributed by atoms with Gasteiger partial charge >= 0.3 is 0 Å². The number of Topliss-reactive ketones (excluding diaryl/α,β-unsaturated/α-hetero) is 1. The number of non-ortho nitro benzene ring substituents is 1. The minimum absolute atomic E-state index is 0.0205. The van der Waals surface area contributed by atoms with Gasteiger partial charge in [0.15, 0.2) is 5.78 Å². The number of hydrogen-bond donors (Lipinski definition) is 1. The number of nitrogens with one attached hydrogen (secondary N) is 1. The van der Waals surface area contributed by atoms with Crippen LogP contribution in [0.15, 0.2) is 65.1 Å². The van der Waals surface area contributed by atoms with Crippen LogP contribution in [0.3, 0.4) is 0 Å². The number of ketones is 1. The van der Waals surface area contributed by atoms with Crippen molar-refractivity contribution in [1.82, 2.24) is 19.7 Å². The summed E-state index contributed by atoms with van der Waals surface area (Å²) in [6.45, 7) is 0. The third-order valence-corrected chi connectivity index (χ3v) is 6.19. The van der Waals surface area contributed by atoms with E-state index in [1.54, 1.807) is 23.0 Å². The molecule has 156 valence electrons. The number of anilines is 1. The Labute approximate surface area is 181 Å². The molecule has 0 radical (unpaired) electrons. The van der Waals surface area contributed by atoms with Crippen LogP contribution in [0.1, 0.15) is 36.6 Å². The van der Waals surface area contributed by atoms with E-state index in [9.17, 15) is 14.9 Å². The van der Waals surface area contributed by atoms with Crippen molar-refractivity contribution in [1.29, 1.82) is 0 Å². The molecule has 0 amide bonds. The lowest BCUT2D eigenvalue weighted by Gasteiger charge is -2.32. The van der Waals surface area contributed by atoms with Gasteiger partial charge in [0.2, 0.25) is 11.1 Å². The number of pyridine rings is 1. The van der Waals surface area contributed by atoms with Crippen LogP contribution >= 0.6 is 11.8 Å². The van der Waals surface area contributed by atoms with Gasteiger partial charge in [-0.25, -0.2) is 4.68 Å². The maximum atomic E-state index is 12.9.